The highest BCUT2D eigenvalue weighted by Crippen LogP contribution is 2.25. The number of imidazole rings is 1. The third-order valence-corrected chi connectivity index (χ3v) is 5.46. The molecular weight excluding hydrogens is 380 g/mol. The number of carbonyl (C=O) groups excluding carboxylic acids is 2. The number of hydrogen-bond acceptors (Lipinski definition) is 4. The van der Waals surface area contributed by atoms with Gasteiger partial charge in [-0.15, -0.1) is 0 Å². The highest BCUT2D eigenvalue weighted by Gasteiger charge is 2.33. The normalized spacial score (nSPS) is 17.8. The molecule has 0 saturated carbocycles. The van der Waals surface area contributed by atoms with Gasteiger partial charge >= 0.3 is 0 Å². The summed E-state index contributed by atoms with van der Waals surface area (Å²) < 4.78 is 5.99. The number of H-pyrrole nitrogens is 1. The molecule has 156 valence electrons. The van der Waals surface area contributed by atoms with E-state index in [1.165, 1.54) is 0 Å². The molecule has 30 heavy (non-hydrogen) atoms. The van der Waals surface area contributed by atoms with Crippen LogP contribution in [0.25, 0.3) is 11.0 Å². The van der Waals surface area contributed by atoms with E-state index in [-0.39, 0.29) is 17.9 Å². The van der Waals surface area contributed by atoms with Crippen LogP contribution in [0.2, 0.25) is 0 Å². The summed E-state index contributed by atoms with van der Waals surface area (Å²) in [7, 11) is 0. The van der Waals surface area contributed by atoms with Gasteiger partial charge in [0.1, 0.15) is 17.1 Å². The number of rotatable bonds is 4. The molecule has 7 heteroatoms. The predicted octanol–water partition coefficient (Wildman–Crippen LogP) is 3.01. The van der Waals surface area contributed by atoms with Crippen LogP contribution in [0.3, 0.4) is 0 Å². The van der Waals surface area contributed by atoms with E-state index in [1.54, 1.807) is 11.8 Å². The first kappa shape index (κ1) is 19.9. The van der Waals surface area contributed by atoms with Gasteiger partial charge in [-0.2, -0.15) is 0 Å². The Morgan fingerprint density at radius 3 is 2.63 bits per heavy atom. The summed E-state index contributed by atoms with van der Waals surface area (Å²) in [5.74, 6) is 1.30. The number of piperazine rings is 1. The lowest BCUT2D eigenvalue weighted by Gasteiger charge is -2.40. The average molecular weight is 406 g/mol. The topological polar surface area (TPSA) is 78.5 Å². The summed E-state index contributed by atoms with van der Waals surface area (Å²) in [5, 5.41) is 0. The molecule has 0 aliphatic carbocycles. The summed E-state index contributed by atoms with van der Waals surface area (Å²) in [6, 6.07) is 14.8. The van der Waals surface area contributed by atoms with E-state index in [2.05, 4.69) is 9.97 Å². The molecular formula is C23H26N4O3. The van der Waals surface area contributed by atoms with Crippen LogP contribution in [-0.4, -0.2) is 63.4 Å². The molecule has 1 fully saturated rings. The van der Waals surface area contributed by atoms with Crippen LogP contribution in [0.1, 0.15) is 30.0 Å². The van der Waals surface area contributed by atoms with Gasteiger partial charge in [0.15, 0.2) is 6.10 Å². The molecule has 2 atom stereocenters. The summed E-state index contributed by atoms with van der Waals surface area (Å²) >= 11 is 0. The van der Waals surface area contributed by atoms with E-state index in [1.807, 2.05) is 67.3 Å². The van der Waals surface area contributed by atoms with Crippen molar-refractivity contribution >= 4 is 22.8 Å². The quantitative estimate of drug-likeness (QED) is 0.722. The molecule has 1 N–H and O–H groups in total. The largest absolute Gasteiger partial charge is 0.479 e. The molecule has 0 spiro atoms. The Kier molecular flexibility index (Phi) is 5.44. The van der Waals surface area contributed by atoms with Crippen LogP contribution in [0, 0.1) is 6.92 Å². The number of aryl methyl sites for hydroxylation is 1. The second-order valence-electron chi connectivity index (χ2n) is 7.73. The minimum atomic E-state index is -0.647. The number of carbonyl (C=O) groups is 2. The van der Waals surface area contributed by atoms with Gasteiger partial charge < -0.3 is 19.5 Å². The van der Waals surface area contributed by atoms with E-state index < -0.39 is 6.10 Å². The maximum absolute atomic E-state index is 13.1. The van der Waals surface area contributed by atoms with Crippen molar-refractivity contribution < 1.29 is 14.3 Å². The van der Waals surface area contributed by atoms with Crippen LogP contribution in [0.5, 0.6) is 5.75 Å². The van der Waals surface area contributed by atoms with Gasteiger partial charge in [-0.25, -0.2) is 4.98 Å². The van der Waals surface area contributed by atoms with Gasteiger partial charge in [0.2, 0.25) is 0 Å². The number of nitrogens with one attached hydrogen (secondary N) is 1. The smallest absolute Gasteiger partial charge is 0.263 e. The van der Waals surface area contributed by atoms with E-state index in [9.17, 15) is 9.59 Å². The molecule has 0 unspecified atom stereocenters. The Bertz CT molecular complexity index is 1060. The van der Waals surface area contributed by atoms with Gasteiger partial charge in [-0.1, -0.05) is 24.3 Å². The molecule has 3 aromatic rings. The standard InChI is InChI=1S/C23H26N4O3/c1-15-14-26(23(29)18-8-5-4-6-9-18)12-13-27(15)22(28)16(2)30-20-11-7-10-19-21(20)25-17(3)24-19/h4-11,15-16H,12-14H2,1-3H3,(H,24,25)/t15-,16-/m1/s1. The Hall–Kier alpha value is -3.35. The second kappa shape index (κ2) is 8.18. The number of nitrogens with zero attached hydrogens (tertiary/aromatic N) is 3. The maximum Gasteiger partial charge on any atom is 0.263 e. The third-order valence-electron chi connectivity index (χ3n) is 5.46. The number of aromatic nitrogens is 2. The van der Waals surface area contributed by atoms with Crippen molar-refractivity contribution in [2.24, 2.45) is 0 Å². The Morgan fingerprint density at radius 2 is 1.90 bits per heavy atom. The number of ether oxygens (including phenoxy) is 1. The van der Waals surface area contributed by atoms with Gasteiger partial charge in [0, 0.05) is 31.2 Å². The van der Waals surface area contributed by atoms with E-state index in [0.29, 0.717) is 30.9 Å². The third kappa shape index (κ3) is 3.87. The zero-order chi connectivity index (χ0) is 21.3. The zero-order valence-electron chi connectivity index (χ0n) is 17.5. The van der Waals surface area contributed by atoms with Gasteiger partial charge in [-0.05, 0) is 45.0 Å². The van der Waals surface area contributed by atoms with Crippen molar-refractivity contribution in [1.82, 2.24) is 19.8 Å². The number of aromatic amines is 1. The number of hydrogen-bond donors (Lipinski definition) is 1. The number of para-hydroxylation sites is 1. The van der Waals surface area contributed by atoms with Crippen LogP contribution in [0.4, 0.5) is 0 Å². The summed E-state index contributed by atoms with van der Waals surface area (Å²) in [4.78, 5) is 37.0. The Balaban J connectivity index is 1.42. The van der Waals surface area contributed by atoms with Crippen molar-refractivity contribution in [2.45, 2.75) is 32.9 Å². The molecule has 7 nitrogen and oxygen atoms in total. The fourth-order valence-electron chi connectivity index (χ4n) is 3.93. The molecule has 0 bridgehead atoms. The van der Waals surface area contributed by atoms with Gasteiger partial charge in [0.25, 0.3) is 11.8 Å². The molecule has 2 heterocycles. The predicted molar refractivity (Wildman–Crippen MR) is 114 cm³/mol. The van der Waals surface area contributed by atoms with Gasteiger partial charge in [-0.3, -0.25) is 9.59 Å². The highest BCUT2D eigenvalue weighted by molar-refractivity contribution is 5.94. The first-order valence-electron chi connectivity index (χ1n) is 10.2. The monoisotopic (exact) mass is 406 g/mol. The Labute approximate surface area is 175 Å². The van der Waals surface area contributed by atoms with E-state index in [0.717, 1.165) is 16.9 Å². The van der Waals surface area contributed by atoms with E-state index in [4.69, 9.17) is 4.74 Å². The lowest BCUT2D eigenvalue weighted by Crippen LogP contribution is -2.57. The molecule has 1 aromatic heterocycles. The zero-order valence-corrected chi connectivity index (χ0v) is 17.5. The van der Waals surface area contributed by atoms with Crippen LogP contribution in [0.15, 0.2) is 48.5 Å². The van der Waals surface area contributed by atoms with E-state index >= 15 is 0 Å². The molecule has 2 amide bonds. The molecule has 1 aliphatic rings. The minimum absolute atomic E-state index is 0.000530. The fraction of sp³-hybridized carbons (Fsp3) is 0.348. The van der Waals surface area contributed by atoms with Crippen molar-refractivity contribution in [2.75, 3.05) is 19.6 Å². The van der Waals surface area contributed by atoms with Gasteiger partial charge in [0.05, 0.1) is 5.52 Å². The van der Waals surface area contributed by atoms with Crippen molar-refractivity contribution in [3.63, 3.8) is 0 Å². The lowest BCUT2D eigenvalue weighted by molar-refractivity contribution is -0.142. The van der Waals surface area contributed by atoms with Crippen LogP contribution in [-0.2, 0) is 4.79 Å². The fourth-order valence-corrected chi connectivity index (χ4v) is 3.93. The lowest BCUT2D eigenvalue weighted by atomic mass is 10.1. The van der Waals surface area contributed by atoms with Crippen LogP contribution >= 0.6 is 0 Å². The maximum atomic E-state index is 13.1. The number of fused-ring (bicyclic) bond motifs is 1. The number of amides is 2. The molecule has 2 aromatic carbocycles. The first-order valence-corrected chi connectivity index (χ1v) is 10.2. The molecule has 0 radical (unpaired) electrons. The summed E-state index contributed by atoms with van der Waals surface area (Å²) in [5.41, 5.74) is 2.27. The Morgan fingerprint density at radius 1 is 1.13 bits per heavy atom. The second-order valence-corrected chi connectivity index (χ2v) is 7.73. The first-order chi connectivity index (χ1) is 14.4. The minimum Gasteiger partial charge on any atom is -0.479 e. The van der Waals surface area contributed by atoms with Crippen molar-refractivity contribution in [3.8, 4) is 5.75 Å². The summed E-state index contributed by atoms with van der Waals surface area (Å²) in [6.45, 7) is 7.10. The van der Waals surface area contributed by atoms with Crippen molar-refractivity contribution in [1.29, 1.82) is 0 Å². The van der Waals surface area contributed by atoms with Crippen LogP contribution < -0.4 is 4.74 Å². The molecule has 1 aliphatic heterocycles. The van der Waals surface area contributed by atoms with Crippen molar-refractivity contribution in [3.05, 3.63) is 59.9 Å². The number of benzene rings is 2. The highest BCUT2D eigenvalue weighted by atomic mass is 16.5. The molecule has 1 saturated heterocycles. The summed E-state index contributed by atoms with van der Waals surface area (Å²) in [6.07, 6.45) is -0.647. The molecule has 4 rings (SSSR count). The SMILES string of the molecule is Cc1nc2c(O[C@H](C)C(=O)N3CCN(C(=O)c4ccccc4)C[C@H]3C)cccc2[nH]1. The average Bonchev–Trinajstić information content (AvgIpc) is 3.14.